The van der Waals surface area contributed by atoms with Crippen LogP contribution in [0.1, 0.15) is 5.56 Å². The van der Waals surface area contributed by atoms with E-state index >= 15 is 0 Å². The Morgan fingerprint density at radius 3 is 2.36 bits per heavy atom. The molecule has 0 unspecified atom stereocenters. The molecule has 2 heterocycles. The summed E-state index contributed by atoms with van der Waals surface area (Å²) in [5.74, 6) is -0.122. The SMILES string of the molecule is O=c1n(Cc2ccsc2)c(-c2ccc(O)cc2)c(O)n1-c1ccc(Cl)c(Cl)c1. The molecular weight excluding hydrogens is 419 g/mol. The normalized spacial score (nSPS) is 11.1. The third-order valence-electron chi connectivity index (χ3n) is 4.34. The van der Waals surface area contributed by atoms with Crippen LogP contribution in [-0.2, 0) is 6.54 Å². The molecule has 4 aromatic rings. The first kappa shape index (κ1) is 18.7. The molecule has 0 aliphatic rings. The van der Waals surface area contributed by atoms with Crippen molar-refractivity contribution in [1.82, 2.24) is 9.13 Å². The Kier molecular flexibility index (Phi) is 4.93. The van der Waals surface area contributed by atoms with Crippen LogP contribution in [0.5, 0.6) is 11.6 Å². The Labute approximate surface area is 174 Å². The van der Waals surface area contributed by atoms with Crippen molar-refractivity contribution in [3.63, 3.8) is 0 Å². The van der Waals surface area contributed by atoms with E-state index in [0.717, 1.165) is 5.56 Å². The van der Waals surface area contributed by atoms with Crippen molar-refractivity contribution in [2.45, 2.75) is 6.54 Å². The predicted molar refractivity (Wildman–Crippen MR) is 112 cm³/mol. The molecule has 0 bridgehead atoms. The Morgan fingerprint density at radius 2 is 1.71 bits per heavy atom. The minimum absolute atomic E-state index is 0.0962. The summed E-state index contributed by atoms with van der Waals surface area (Å²) in [6, 6.07) is 12.9. The largest absolute Gasteiger partial charge is 0.508 e. The number of halogens is 2. The number of aromatic hydroxyl groups is 2. The second kappa shape index (κ2) is 7.39. The molecule has 0 amide bonds. The smallest absolute Gasteiger partial charge is 0.336 e. The van der Waals surface area contributed by atoms with Gasteiger partial charge in [0, 0.05) is 5.56 Å². The lowest BCUT2D eigenvalue weighted by Gasteiger charge is -2.07. The molecule has 0 spiro atoms. The lowest BCUT2D eigenvalue weighted by Crippen LogP contribution is -2.24. The molecule has 0 atom stereocenters. The summed E-state index contributed by atoms with van der Waals surface area (Å²) in [4.78, 5) is 13.2. The average molecular weight is 433 g/mol. The molecule has 0 saturated heterocycles. The first-order valence-corrected chi connectivity index (χ1v) is 9.96. The Morgan fingerprint density at radius 1 is 0.964 bits per heavy atom. The van der Waals surface area contributed by atoms with E-state index in [1.165, 1.54) is 38.7 Å². The van der Waals surface area contributed by atoms with Crippen LogP contribution in [0.2, 0.25) is 10.0 Å². The summed E-state index contributed by atoms with van der Waals surface area (Å²) in [5.41, 5.74) is 1.88. The van der Waals surface area contributed by atoms with Crippen molar-refractivity contribution in [3.8, 4) is 28.6 Å². The zero-order chi connectivity index (χ0) is 19.8. The fraction of sp³-hybridized carbons (Fsp3) is 0.0500. The third kappa shape index (κ3) is 3.30. The van der Waals surface area contributed by atoms with Crippen LogP contribution in [-0.4, -0.2) is 19.3 Å². The quantitative estimate of drug-likeness (QED) is 0.469. The second-order valence-corrected chi connectivity index (χ2v) is 7.75. The van der Waals surface area contributed by atoms with Crippen molar-refractivity contribution >= 4 is 34.5 Å². The zero-order valence-corrected chi connectivity index (χ0v) is 16.7. The van der Waals surface area contributed by atoms with Gasteiger partial charge in [0.15, 0.2) is 0 Å². The highest BCUT2D eigenvalue weighted by Gasteiger charge is 2.22. The minimum Gasteiger partial charge on any atom is -0.508 e. The summed E-state index contributed by atoms with van der Waals surface area (Å²) in [6.45, 7) is 0.292. The van der Waals surface area contributed by atoms with Crippen molar-refractivity contribution in [3.05, 3.63) is 85.4 Å². The predicted octanol–water partition coefficient (Wildman–Crippen LogP) is 5.13. The first-order chi connectivity index (χ1) is 13.5. The molecule has 0 aliphatic heterocycles. The summed E-state index contributed by atoms with van der Waals surface area (Å²) in [5, 5.41) is 25.1. The molecule has 2 aromatic carbocycles. The molecule has 142 valence electrons. The van der Waals surface area contributed by atoms with Crippen molar-refractivity contribution < 1.29 is 10.2 Å². The average Bonchev–Trinajstić information content (AvgIpc) is 3.26. The maximum atomic E-state index is 13.2. The maximum absolute atomic E-state index is 13.2. The number of phenolic OH excluding ortho intramolecular Hbond substituents is 1. The van der Waals surface area contributed by atoms with Gasteiger partial charge in [0.2, 0.25) is 5.88 Å². The van der Waals surface area contributed by atoms with Gasteiger partial charge in [0.05, 0.1) is 22.3 Å². The number of phenols is 1. The van der Waals surface area contributed by atoms with Crippen LogP contribution in [0.25, 0.3) is 16.9 Å². The van der Waals surface area contributed by atoms with Crippen LogP contribution in [0.15, 0.2) is 64.1 Å². The van der Waals surface area contributed by atoms with E-state index in [-0.39, 0.29) is 16.7 Å². The van der Waals surface area contributed by atoms with E-state index < -0.39 is 5.69 Å². The monoisotopic (exact) mass is 432 g/mol. The molecule has 0 saturated carbocycles. The second-order valence-electron chi connectivity index (χ2n) is 6.15. The molecule has 2 N–H and O–H groups in total. The van der Waals surface area contributed by atoms with Gasteiger partial charge in [-0.05, 0) is 64.9 Å². The topological polar surface area (TPSA) is 67.4 Å². The molecule has 28 heavy (non-hydrogen) atoms. The van der Waals surface area contributed by atoms with Crippen LogP contribution < -0.4 is 5.69 Å². The summed E-state index contributed by atoms with van der Waals surface area (Å²) >= 11 is 13.6. The maximum Gasteiger partial charge on any atom is 0.336 e. The van der Waals surface area contributed by atoms with Crippen LogP contribution in [0.3, 0.4) is 0 Å². The highest BCUT2D eigenvalue weighted by Crippen LogP contribution is 2.33. The molecular formula is C20H14Cl2N2O3S. The summed E-state index contributed by atoms with van der Waals surface area (Å²) in [7, 11) is 0. The van der Waals surface area contributed by atoms with Gasteiger partial charge in [-0.2, -0.15) is 11.3 Å². The van der Waals surface area contributed by atoms with Crippen LogP contribution >= 0.6 is 34.5 Å². The number of benzene rings is 2. The van der Waals surface area contributed by atoms with E-state index in [2.05, 4.69) is 0 Å². The van der Waals surface area contributed by atoms with Gasteiger partial charge < -0.3 is 10.2 Å². The Bertz CT molecular complexity index is 1200. The Balaban J connectivity index is 1.96. The molecule has 2 aromatic heterocycles. The van der Waals surface area contributed by atoms with E-state index in [9.17, 15) is 15.0 Å². The lowest BCUT2D eigenvalue weighted by molar-refractivity contribution is 0.442. The van der Waals surface area contributed by atoms with Crippen LogP contribution in [0, 0.1) is 0 Å². The first-order valence-electron chi connectivity index (χ1n) is 8.26. The van der Waals surface area contributed by atoms with Gasteiger partial charge in [0.1, 0.15) is 11.4 Å². The number of hydrogen-bond donors (Lipinski definition) is 2. The van der Waals surface area contributed by atoms with Gasteiger partial charge in [-0.1, -0.05) is 23.2 Å². The van der Waals surface area contributed by atoms with Crippen molar-refractivity contribution in [2.24, 2.45) is 0 Å². The highest BCUT2D eigenvalue weighted by molar-refractivity contribution is 7.07. The Hall–Kier alpha value is -2.67. The van der Waals surface area contributed by atoms with Gasteiger partial charge in [0.25, 0.3) is 0 Å². The lowest BCUT2D eigenvalue weighted by atomic mass is 10.1. The van der Waals surface area contributed by atoms with Gasteiger partial charge in [-0.15, -0.1) is 0 Å². The molecule has 8 heteroatoms. The number of hydrogen-bond acceptors (Lipinski definition) is 4. The molecule has 0 radical (unpaired) electrons. The van der Waals surface area contributed by atoms with E-state index in [4.69, 9.17) is 23.2 Å². The zero-order valence-electron chi connectivity index (χ0n) is 14.3. The van der Waals surface area contributed by atoms with E-state index in [0.29, 0.717) is 28.5 Å². The van der Waals surface area contributed by atoms with Crippen molar-refractivity contribution in [1.29, 1.82) is 0 Å². The minimum atomic E-state index is -0.412. The number of rotatable bonds is 4. The van der Waals surface area contributed by atoms with Gasteiger partial charge in [-0.25, -0.2) is 9.36 Å². The summed E-state index contributed by atoms with van der Waals surface area (Å²) in [6.07, 6.45) is 0. The molecule has 0 fully saturated rings. The van der Waals surface area contributed by atoms with E-state index in [1.807, 2.05) is 16.8 Å². The number of imidazole rings is 1. The van der Waals surface area contributed by atoms with Gasteiger partial charge >= 0.3 is 5.69 Å². The number of thiophene rings is 1. The molecule has 5 nitrogen and oxygen atoms in total. The third-order valence-corrected chi connectivity index (χ3v) is 5.81. The van der Waals surface area contributed by atoms with Crippen LogP contribution in [0.4, 0.5) is 0 Å². The fourth-order valence-electron chi connectivity index (χ4n) is 3.01. The fourth-order valence-corrected chi connectivity index (χ4v) is 3.96. The molecule has 4 rings (SSSR count). The number of nitrogens with zero attached hydrogens (tertiary/aromatic N) is 2. The van der Waals surface area contributed by atoms with E-state index in [1.54, 1.807) is 24.3 Å². The standard InChI is InChI=1S/C20H14Cl2N2O3S/c21-16-6-3-14(9-17(16)22)24-19(26)18(13-1-4-15(25)5-2-13)23(20(24)27)10-12-7-8-28-11-12/h1-9,11,25-26H,10H2. The molecule has 0 aliphatic carbocycles. The highest BCUT2D eigenvalue weighted by atomic mass is 35.5. The number of aromatic nitrogens is 2. The van der Waals surface area contributed by atoms with Gasteiger partial charge in [-0.3, -0.25) is 4.57 Å². The van der Waals surface area contributed by atoms with Crippen molar-refractivity contribution in [2.75, 3.05) is 0 Å². The summed E-state index contributed by atoms with van der Waals surface area (Å²) < 4.78 is 2.68.